The summed E-state index contributed by atoms with van der Waals surface area (Å²) >= 11 is 0. The van der Waals surface area contributed by atoms with Crippen LogP contribution >= 0.6 is 0 Å². The molecule has 0 atom stereocenters. The standard InChI is InChI=1S/C17H22F5NO2/c1-10(2)25-17(3,4)7-5-6-8-23(22)16(24)11-9-12(18)14(20)15(21)13(11)19/h9-10H,5-8H2,1-4H3. The van der Waals surface area contributed by atoms with Crippen LogP contribution in [-0.4, -0.2) is 29.3 Å². The number of amides is 1. The fraction of sp³-hybridized carbons (Fsp3) is 0.588. The molecule has 0 N–H and O–H groups in total. The quantitative estimate of drug-likeness (QED) is 0.214. The van der Waals surface area contributed by atoms with E-state index in [0.717, 1.165) is 0 Å². The first-order valence-corrected chi connectivity index (χ1v) is 7.94. The Hall–Kier alpha value is -1.70. The number of carbonyl (C=O) groups is 1. The molecule has 3 nitrogen and oxygen atoms in total. The van der Waals surface area contributed by atoms with Crippen LogP contribution in [0.25, 0.3) is 0 Å². The highest BCUT2D eigenvalue weighted by atomic mass is 19.2. The number of halogens is 5. The molecule has 0 fully saturated rings. The lowest BCUT2D eigenvalue weighted by Gasteiger charge is -2.28. The molecular weight excluding hydrogens is 345 g/mol. The third-order valence-electron chi connectivity index (χ3n) is 3.49. The highest BCUT2D eigenvalue weighted by molar-refractivity contribution is 5.93. The smallest absolute Gasteiger partial charge is 0.284 e. The highest BCUT2D eigenvalue weighted by Gasteiger charge is 2.26. The maximum absolute atomic E-state index is 13.8. The zero-order valence-electron chi connectivity index (χ0n) is 14.6. The van der Waals surface area contributed by atoms with Gasteiger partial charge in [-0.15, -0.1) is 0 Å². The Morgan fingerprint density at radius 1 is 1.12 bits per heavy atom. The van der Waals surface area contributed by atoms with Crippen LogP contribution in [0.4, 0.5) is 22.0 Å². The second-order valence-corrected chi connectivity index (χ2v) is 6.62. The number of rotatable bonds is 8. The van der Waals surface area contributed by atoms with Crippen LogP contribution in [0, 0.1) is 23.3 Å². The van der Waals surface area contributed by atoms with Crippen molar-refractivity contribution in [3.05, 3.63) is 34.9 Å². The summed E-state index contributed by atoms with van der Waals surface area (Å²) in [6.07, 6.45) is 1.38. The minimum absolute atomic E-state index is 0.0282. The molecule has 0 aliphatic rings. The minimum atomic E-state index is -2.15. The third kappa shape index (κ3) is 5.95. The summed E-state index contributed by atoms with van der Waals surface area (Å²) in [5, 5.41) is -0.342. The average molecular weight is 367 g/mol. The van der Waals surface area contributed by atoms with Gasteiger partial charge in [0, 0.05) is 0 Å². The van der Waals surface area contributed by atoms with E-state index in [0.29, 0.717) is 12.8 Å². The molecule has 1 aromatic carbocycles. The van der Waals surface area contributed by atoms with Gasteiger partial charge in [0.15, 0.2) is 23.3 Å². The monoisotopic (exact) mass is 367 g/mol. The van der Waals surface area contributed by atoms with Crippen molar-refractivity contribution in [2.24, 2.45) is 0 Å². The molecule has 8 heteroatoms. The molecule has 0 aromatic heterocycles. The minimum Gasteiger partial charge on any atom is -0.373 e. The van der Waals surface area contributed by atoms with E-state index in [2.05, 4.69) is 0 Å². The second-order valence-electron chi connectivity index (χ2n) is 6.62. The lowest BCUT2D eigenvalue weighted by molar-refractivity contribution is -0.0621. The molecule has 142 valence electrons. The van der Waals surface area contributed by atoms with E-state index < -0.39 is 46.9 Å². The van der Waals surface area contributed by atoms with E-state index in [1.807, 2.05) is 27.7 Å². The molecule has 0 radical (unpaired) electrons. The molecule has 0 saturated heterocycles. The maximum Gasteiger partial charge on any atom is 0.284 e. The normalized spacial score (nSPS) is 11.9. The molecule has 1 aromatic rings. The van der Waals surface area contributed by atoms with Crippen molar-refractivity contribution in [2.75, 3.05) is 6.54 Å². The topological polar surface area (TPSA) is 29.5 Å². The van der Waals surface area contributed by atoms with Gasteiger partial charge in [0.05, 0.1) is 23.8 Å². The zero-order chi connectivity index (χ0) is 19.4. The maximum atomic E-state index is 13.8. The summed E-state index contributed by atoms with van der Waals surface area (Å²) in [4.78, 5) is 11.7. The van der Waals surface area contributed by atoms with E-state index in [1.165, 1.54) is 0 Å². The molecule has 0 saturated carbocycles. The Bertz CT molecular complexity index is 620. The average Bonchev–Trinajstić information content (AvgIpc) is 2.50. The Labute approximate surface area is 143 Å². The van der Waals surface area contributed by atoms with Crippen molar-refractivity contribution in [1.29, 1.82) is 0 Å². The third-order valence-corrected chi connectivity index (χ3v) is 3.49. The number of hydrogen-bond donors (Lipinski definition) is 0. The van der Waals surface area contributed by atoms with Gasteiger partial charge in [-0.1, -0.05) is 4.48 Å². The Kier molecular flexibility index (Phi) is 7.34. The van der Waals surface area contributed by atoms with Crippen molar-refractivity contribution < 1.29 is 31.6 Å². The molecule has 0 unspecified atom stereocenters. The van der Waals surface area contributed by atoms with Gasteiger partial charge in [-0.3, -0.25) is 4.79 Å². The molecule has 0 bridgehead atoms. The van der Waals surface area contributed by atoms with Crippen molar-refractivity contribution >= 4 is 5.91 Å². The molecule has 1 rings (SSSR count). The molecule has 1 amide bonds. The van der Waals surface area contributed by atoms with Crippen molar-refractivity contribution in [1.82, 2.24) is 5.12 Å². The van der Waals surface area contributed by atoms with Gasteiger partial charge in [-0.25, -0.2) is 17.6 Å². The number of ether oxygens (including phenoxy) is 1. The van der Waals surface area contributed by atoms with Gasteiger partial charge in [-0.05, 0) is 53.0 Å². The summed E-state index contributed by atoms with van der Waals surface area (Å²) in [6.45, 7) is 7.14. The Morgan fingerprint density at radius 3 is 2.28 bits per heavy atom. The van der Waals surface area contributed by atoms with Crippen molar-refractivity contribution in [3.8, 4) is 0 Å². The van der Waals surface area contributed by atoms with Gasteiger partial charge in [0.2, 0.25) is 0 Å². The molecule has 0 aliphatic carbocycles. The van der Waals surface area contributed by atoms with Gasteiger partial charge in [0.1, 0.15) is 0 Å². The SMILES string of the molecule is CC(C)OC(C)(C)CCCCN(F)C(=O)c1cc(F)c(F)c(F)c1F. The number of unbranched alkanes of at least 4 members (excludes halogenated alkanes) is 1. The van der Waals surface area contributed by atoms with Crippen LogP contribution in [0.3, 0.4) is 0 Å². The van der Waals surface area contributed by atoms with E-state index in [-0.39, 0.29) is 23.7 Å². The predicted molar refractivity (Wildman–Crippen MR) is 82.6 cm³/mol. The first-order valence-electron chi connectivity index (χ1n) is 7.94. The van der Waals surface area contributed by atoms with Gasteiger partial charge < -0.3 is 4.74 Å². The lowest BCUT2D eigenvalue weighted by atomic mass is 10.0. The summed E-state index contributed by atoms with van der Waals surface area (Å²) in [5.74, 6) is -9.44. The van der Waals surface area contributed by atoms with Crippen molar-refractivity contribution in [3.63, 3.8) is 0 Å². The fourth-order valence-electron chi connectivity index (χ4n) is 2.46. The van der Waals surface area contributed by atoms with Gasteiger partial charge in [-0.2, -0.15) is 5.12 Å². The summed E-state index contributed by atoms with van der Waals surface area (Å²) in [6, 6.07) is 0.141. The first kappa shape index (κ1) is 21.3. The highest BCUT2D eigenvalue weighted by Crippen LogP contribution is 2.22. The molecular formula is C17H22F5NO2. The zero-order valence-corrected chi connectivity index (χ0v) is 14.6. The van der Waals surface area contributed by atoms with Gasteiger partial charge in [0.25, 0.3) is 5.91 Å². The Balaban J connectivity index is 2.62. The van der Waals surface area contributed by atoms with Crippen LogP contribution in [0.2, 0.25) is 0 Å². The largest absolute Gasteiger partial charge is 0.373 e. The summed E-state index contributed by atoms with van der Waals surface area (Å²) < 4.78 is 72.1. The van der Waals surface area contributed by atoms with Crippen LogP contribution in [-0.2, 0) is 4.74 Å². The summed E-state index contributed by atoms with van der Waals surface area (Å²) in [7, 11) is 0. The van der Waals surface area contributed by atoms with E-state index in [9.17, 15) is 26.8 Å². The lowest BCUT2D eigenvalue weighted by Crippen LogP contribution is -2.29. The van der Waals surface area contributed by atoms with Gasteiger partial charge >= 0.3 is 0 Å². The number of carbonyl (C=O) groups excluding carboxylic acids is 1. The number of hydrogen-bond acceptors (Lipinski definition) is 2. The molecule has 25 heavy (non-hydrogen) atoms. The summed E-state index contributed by atoms with van der Waals surface area (Å²) in [5.41, 5.74) is -1.61. The predicted octanol–water partition coefficient (Wildman–Crippen LogP) is 4.94. The number of benzene rings is 1. The van der Waals surface area contributed by atoms with E-state index in [4.69, 9.17) is 4.74 Å². The van der Waals surface area contributed by atoms with Crippen LogP contribution in [0.15, 0.2) is 6.07 Å². The second kappa shape index (κ2) is 8.60. The fourth-order valence-corrected chi connectivity index (χ4v) is 2.46. The van der Waals surface area contributed by atoms with Crippen LogP contribution in [0.5, 0.6) is 0 Å². The molecule has 0 aliphatic heterocycles. The van der Waals surface area contributed by atoms with Crippen LogP contribution in [0.1, 0.15) is 57.3 Å². The molecule has 0 spiro atoms. The molecule has 0 heterocycles. The number of nitrogens with zero attached hydrogens (tertiary/aromatic N) is 1. The van der Waals surface area contributed by atoms with Crippen molar-refractivity contribution in [2.45, 2.75) is 58.7 Å². The van der Waals surface area contributed by atoms with E-state index in [1.54, 1.807) is 0 Å². The van der Waals surface area contributed by atoms with Crippen LogP contribution < -0.4 is 0 Å². The Morgan fingerprint density at radius 2 is 1.72 bits per heavy atom. The van der Waals surface area contributed by atoms with E-state index >= 15 is 0 Å². The first-order chi connectivity index (χ1) is 11.5.